The topological polar surface area (TPSA) is 0 Å². The summed E-state index contributed by atoms with van der Waals surface area (Å²) in [4.78, 5) is 0. The molecular formula is C24H54. The van der Waals surface area contributed by atoms with E-state index in [1.165, 1.54) is 0 Å². The molecule has 150 valence electrons. The van der Waals surface area contributed by atoms with Gasteiger partial charge < -0.3 is 0 Å². The van der Waals surface area contributed by atoms with Crippen molar-refractivity contribution in [2.24, 2.45) is 53.3 Å². The average Bonchev–Trinajstić information content (AvgIpc) is 2.45. The van der Waals surface area contributed by atoms with Crippen LogP contribution >= 0.6 is 0 Å². The molecule has 0 bridgehead atoms. The van der Waals surface area contributed by atoms with Gasteiger partial charge >= 0.3 is 0 Å². The zero-order valence-corrected chi connectivity index (χ0v) is 20.2. The van der Waals surface area contributed by atoms with Crippen LogP contribution in [0.1, 0.15) is 104 Å². The summed E-state index contributed by atoms with van der Waals surface area (Å²) < 4.78 is 0. The minimum absolute atomic E-state index is 0.843. The van der Waals surface area contributed by atoms with E-state index in [0.717, 1.165) is 53.3 Å². The van der Waals surface area contributed by atoms with Crippen LogP contribution in [0.4, 0.5) is 0 Å². The van der Waals surface area contributed by atoms with Gasteiger partial charge in [0.05, 0.1) is 0 Å². The highest BCUT2D eigenvalue weighted by atomic mass is 14.2. The van der Waals surface area contributed by atoms with Gasteiger partial charge in [0.2, 0.25) is 0 Å². The van der Waals surface area contributed by atoms with Crippen LogP contribution in [0.15, 0.2) is 0 Å². The van der Waals surface area contributed by atoms with Gasteiger partial charge in [-0.2, -0.15) is 0 Å². The Hall–Kier alpha value is 0. The molecule has 0 saturated heterocycles. The highest BCUT2D eigenvalue weighted by molar-refractivity contribution is 4.60. The second kappa shape index (κ2) is 15.3. The highest BCUT2D eigenvalue weighted by Gasteiger charge is 2.11. The van der Waals surface area contributed by atoms with Gasteiger partial charge in [0, 0.05) is 0 Å². The fourth-order valence-electron chi connectivity index (χ4n) is 2.31. The molecule has 0 amide bonds. The van der Waals surface area contributed by atoms with Crippen molar-refractivity contribution in [2.75, 3.05) is 0 Å². The van der Waals surface area contributed by atoms with Gasteiger partial charge in [-0.1, -0.05) is 104 Å². The summed E-state index contributed by atoms with van der Waals surface area (Å²) in [6, 6.07) is 0. The normalized spacial score (nSPS) is 12.0. The molecule has 24 heavy (non-hydrogen) atoms. The van der Waals surface area contributed by atoms with E-state index in [4.69, 9.17) is 0 Å². The molecule has 0 nitrogen and oxygen atoms in total. The molecule has 0 N–H and O–H groups in total. The van der Waals surface area contributed by atoms with Crippen LogP contribution in [0.5, 0.6) is 0 Å². The third-order valence-electron chi connectivity index (χ3n) is 6.31. The van der Waals surface area contributed by atoms with Gasteiger partial charge in [-0.3, -0.25) is 0 Å². The molecule has 0 spiro atoms. The lowest BCUT2D eigenvalue weighted by molar-refractivity contribution is 0.316. The van der Waals surface area contributed by atoms with Gasteiger partial charge in [0.15, 0.2) is 0 Å². The Morgan fingerprint density at radius 1 is 0.208 bits per heavy atom. The molecular weight excluding hydrogens is 288 g/mol. The summed E-state index contributed by atoms with van der Waals surface area (Å²) in [7, 11) is 0. The molecule has 0 unspecified atom stereocenters. The minimum atomic E-state index is 0.843. The lowest BCUT2D eigenvalue weighted by Crippen LogP contribution is -2.10. The third kappa shape index (κ3) is 16.8. The Labute approximate surface area is 157 Å². The smallest absolute Gasteiger partial charge is 0.0396 e. The Balaban J connectivity index is -0.000000276. The highest BCUT2D eigenvalue weighted by Crippen LogP contribution is 2.19. The fraction of sp³-hybridized carbons (Fsp3) is 1.00. The van der Waals surface area contributed by atoms with Crippen LogP contribution in [0.3, 0.4) is 0 Å². The molecule has 0 aromatic heterocycles. The third-order valence-corrected chi connectivity index (χ3v) is 6.31. The van der Waals surface area contributed by atoms with Crippen LogP contribution in [0.2, 0.25) is 0 Å². The van der Waals surface area contributed by atoms with Crippen molar-refractivity contribution in [1.29, 1.82) is 0 Å². The maximum Gasteiger partial charge on any atom is -0.0396 e. The Morgan fingerprint density at radius 2 is 0.292 bits per heavy atom. The van der Waals surface area contributed by atoms with E-state index >= 15 is 0 Å². The summed E-state index contributed by atoms with van der Waals surface area (Å²) in [5.74, 6) is 7.67. The summed E-state index contributed by atoms with van der Waals surface area (Å²) in [5, 5.41) is 0. The molecule has 0 radical (unpaired) electrons. The molecule has 0 saturated carbocycles. The lowest BCUT2D eigenvalue weighted by atomic mass is 9.88. The van der Waals surface area contributed by atoms with Gasteiger partial charge in [-0.25, -0.2) is 0 Å². The number of hydrogen-bond acceptors (Lipinski definition) is 0. The van der Waals surface area contributed by atoms with Crippen LogP contribution < -0.4 is 0 Å². The molecule has 0 heterocycles. The van der Waals surface area contributed by atoms with Crippen LogP contribution in [-0.4, -0.2) is 0 Å². The molecule has 0 aliphatic heterocycles. The van der Waals surface area contributed by atoms with Crippen LogP contribution in [0, 0.1) is 53.3 Å². The average molecular weight is 343 g/mol. The molecule has 0 aliphatic carbocycles. The monoisotopic (exact) mass is 342 g/mol. The summed E-state index contributed by atoms with van der Waals surface area (Å²) in [6.45, 7) is 34.3. The van der Waals surface area contributed by atoms with Crippen molar-refractivity contribution in [3.05, 3.63) is 0 Å². The van der Waals surface area contributed by atoms with E-state index in [1.54, 1.807) is 0 Å². The predicted octanol–water partition coefficient (Wildman–Crippen LogP) is 8.80. The SMILES string of the molecule is CC(C)C(C)C(C)C.CC(C)C(C)C(C)C.CC(C)C(C)C(C)C. The fourth-order valence-corrected chi connectivity index (χ4v) is 2.31. The van der Waals surface area contributed by atoms with Crippen molar-refractivity contribution in [3.8, 4) is 0 Å². The van der Waals surface area contributed by atoms with E-state index in [-0.39, 0.29) is 0 Å². The van der Waals surface area contributed by atoms with Gasteiger partial charge in [-0.15, -0.1) is 0 Å². The first-order chi connectivity index (χ1) is 10.7. The molecule has 0 aromatic rings. The second-order valence-corrected chi connectivity index (χ2v) is 10.0. The first kappa shape index (κ1) is 28.8. The van der Waals surface area contributed by atoms with Gasteiger partial charge in [0.1, 0.15) is 0 Å². The van der Waals surface area contributed by atoms with Crippen molar-refractivity contribution in [2.45, 2.75) is 104 Å². The molecule has 0 heteroatoms. The number of hydrogen-bond donors (Lipinski definition) is 0. The number of rotatable bonds is 6. The minimum Gasteiger partial charge on any atom is -0.0625 e. The van der Waals surface area contributed by atoms with Gasteiger partial charge in [-0.05, 0) is 53.3 Å². The van der Waals surface area contributed by atoms with Crippen molar-refractivity contribution in [3.63, 3.8) is 0 Å². The molecule has 0 aromatic carbocycles. The largest absolute Gasteiger partial charge is 0.0625 e. The zero-order chi connectivity index (χ0) is 20.2. The Kier molecular flexibility index (Phi) is 18.3. The maximum absolute atomic E-state index is 2.31. The maximum atomic E-state index is 2.31. The molecule has 0 aliphatic rings. The second-order valence-electron chi connectivity index (χ2n) is 10.0. The van der Waals surface area contributed by atoms with Gasteiger partial charge in [0.25, 0.3) is 0 Å². The van der Waals surface area contributed by atoms with E-state index in [9.17, 15) is 0 Å². The predicted molar refractivity (Wildman–Crippen MR) is 117 cm³/mol. The summed E-state index contributed by atoms with van der Waals surface area (Å²) >= 11 is 0. The molecule has 0 rings (SSSR count). The summed E-state index contributed by atoms with van der Waals surface area (Å²) in [6.07, 6.45) is 0. The first-order valence-electron chi connectivity index (χ1n) is 10.7. The van der Waals surface area contributed by atoms with Crippen molar-refractivity contribution >= 4 is 0 Å². The van der Waals surface area contributed by atoms with E-state index in [1.807, 2.05) is 0 Å². The van der Waals surface area contributed by atoms with Crippen molar-refractivity contribution in [1.82, 2.24) is 0 Å². The molecule has 0 fully saturated rings. The van der Waals surface area contributed by atoms with E-state index in [2.05, 4.69) is 104 Å². The van der Waals surface area contributed by atoms with Crippen LogP contribution in [-0.2, 0) is 0 Å². The Bertz CT molecular complexity index is 178. The van der Waals surface area contributed by atoms with E-state index in [0.29, 0.717) is 0 Å². The van der Waals surface area contributed by atoms with E-state index < -0.39 is 0 Å². The zero-order valence-electron chi connectivity index (χ0n) is 20.2. The van der Waals surface area contributed by atoms with Crippen LogP contribution in [0.25, 0.3) is 0 Å². The summed E-state index contributed by atoms with van der Waals surface area (Å²) in [5.41, 5.74) is 0. The molecule has 0 atom stereocenters. The Morgan fingerprint density at radius 3 is 0.292 bits per heavy atom. The quantitative estimate of drug-likeness (QED) is 0.452. The van der Waals surface area contributed by atoms with Crippen molar-refractivity contribution < 1.29 is 0 Å². The lowest BCUT2D eigenvalue weighted by Gasteiger charge is -2.18. The first-order valence-corrected chi connectivity index (χ1v) is 10.7. The standard InChI is InChI=1S/3C8H18/c3*1-6(2)8(5)7(3)4/h3*6-8H,1-5H3.